The Morgan fingerprint density at radius 1 is 1.32 bits per heavy atom. The molecule has 1 amide bonds. The van der Waals surface area contributed by atoms with E-state index in [4.69, 9.17) is 16.6 Å². The Morgan fingerprint density at radius 2 is 1.92 bits per heavy atom. The molecule has 0 aromatic heterocycles. The molecule has 0 aromatic rings. The molecule has 7 atom stereocenters. The van der Waals surface area contributed by atoms with Gasteiger partial charge in [0.15, 0.2) is 5.96 Å². The molecule has 0 unspecified atom stereocenters. The lowest BCUT2D eigenvalue weighted by atomic mass is 9.84. The molecule has 1 rings (SSSR count). The van der Waals surface area contributed by atoms with Crippen molar-refractivity contribution < 1.29 is 30.0 Å². The standard InChI is InChI=1S/C14H27N5O6/c1-5(21)18-11(12(23)8(22)4-20)9-7(19-14(15)16)3-6(13(24)25)10(9)17-2/h6-12,17,20,22-23H,3-4H2,1-2H3,(H,18,21)(H,24,25)(H4,15,16,19)/t6-,7+,8-,9-,10+,11-,12-/m0/s1. The van der Waals surface area contributed by atoms with Gasteiger partial charge in [0.05, 0.1) is 24.6 Å². The zero-order valence-corrected chi connectivity index (χ0v) is 14.2. The number of hydrogen-bond acceptors (Lipinski definition) is 7. The minimum atomic E-state index is -1.54. The number of aliphatic hydroxyl groups excluding tert-OH is 3. The maximum atomic E-state index is 11.6. The van der Waals surface area contributed by atoms with Gasteiger partial charge in [-0.15, -0.1) is 0 Å². The van der Waals surface area contributed by atoms with Gasteiger partial charge in [-0.05, 0) is 13.5 Å². The number of carbonyl (C=O) groups is 2. The van der Waals surface area contributed by atoms with E-state index in [9.17, 15) is 24.9 Å². The molecule has 0 bridgehead atoms. The Balaban J connectivity index is 3.33. The van der Waals surface area contributed by atoms with Crippen LogP contribution in [0.15, 0.2) is 4.99 Å². The van der Waals surface area contributed by atoms with Gasteiger partial charge in [0.1, 0.15) is 12.2 Å². The van der Waals surface area contributed by atoms with Crippen molar-refractivity contribution in [2.24, 2.45) is 28.3 Å². The van der Waals surface area contributed by atoms with Crippen molar-refractivity contribution >= 4 is 17.8 Å². The number of rotatable bonds is 8. The van der Waals surface area contributed by atoms with E-state index >= 15 is 0 Å². The fraction of sp³-hybridized carbons (Fsp3) is 0.786. The van der Waals surface area contributed by atoms with Crippen LogP contribution in [0.25, 0.3) is 0 Å². The summed E-state index contributed by atoms with van der Waals surface area (Å²) in [5, 5.41) is 44.1. The van der Waals surface area contributed by atoms with E-state index in [1.54, 1.807) is 7.05 Å². The summed E-state index contributed by atoms with van der Waals surface area (Å²) < 4.78 is 0. The van der Waals surface area contributed by atoms with Gasteiger partial charge in [-0.2, -0.15) is 0 Å². The summed E-state index contributed by atoms with van der Waals surface area (Å²) >= 11 is 0. The third-order valence-electron chi connectivity index (χ3n) is 4.49. The molecule has 11 heteroatoms. The van der Waals surface area contributed by atoms with Gasteiger partial charge >= 0.3 is 5.97 Å². The average molecular weight is 361 g/mol. The number of guanidine groups is 1. The van der Waals surface area contributed by atoms with Gasteiger partial charge < -0.3 is 42.5 Å². The van der Waals surface area contributed by atoms with Gasteiger partial charge in [-0.1, -0.05) is 0 Å². The summed E-state index contributed by atoms with van der Waals surface area (Å²) in [5.74, 6) is -3.41. The van der Waals surface area contributed by atoms with Crippen LogP contribution in [0.5, 0.6) is 0 Å². The molecule has 25 heavy (non-hydrogen) atoms. The van der Waals surface area contributed by atoms with Crippen molar-refractivity contribution in [3.8, 4) is 0 Å². The number of amides is 1. The zero-order valence-electron chi connectivity index (χ0n) is 14.2. The minimum Gasteiger partial charge on any atom is -0.481 e. The molecule has 1 fully saturated rings. The number of aliphatic imine (C=N–C) groups is 1. The highest BCUT2D eigenvalue weighted by atomic mass is 16.4. The van der Waals surface area contributed by atoms with Crippen LogP contribution in [0.2, 0.25) is 0 Å². The van der Waals surface area contributed by atoms with Crippen LogP contribution in [0.3, 0.4) is 0 Å². The first-order valence-electron chi connectivity index (χ1n) is 7.86. The number of aliphatic carboxylic acids is 1. The second-order valence-corrected chi connectivity index (χ2v) is 6.16. The lowest BCUT2D eigenvalue weighted by Gasteiger charge is -2.36. The summed E-state index contributed by atoms with van der Waals surface area (Å²) in [4.78, 5) is 27.2. The van der Waals surface area contributed by atoms with Crippen LogP contribution in [0.4, 0.5) is 0 Å². The SMILES string of the molecule is CN[C@H]1[C@@H]([C@H](NC(C)=O)[C@@H](O)[C@@H](O)CO)[C@H](N=C(N)N)C[C@@H]1C(=O)O. The summed E-state index contributed by atoms with van der Waals surface area (Å²) in [7, 11) is 1.55. The van der Waals surface area contributed by atoms with Crippen molar-refractivity contribution in [2.75, 3.05) is 13.7 Å². The Kier molecular flexibility index (Phi) is 7.55. The number of carbonyl (C=O) groups excluding carboxylic acids is 1. The smallest absolute Gasteiger partial charge is 0.308 e. The second-order valence-electron chi connectivity index (χ2n) is 6.16. The van der Waals surface area contributed by atoms with Crippen LogP contribution in [-0.4, -0.2) is 82.3 Å². The first kappa shape index (κ1) is 21.1. The zero-order chi connectivity index (χ0) is 19.3. The highest BCUT2D eigenvalue weighted by Gasteiger charge is 2.52. The number of nitrogens with two attached hydrogens (primary N) is 2. The molecular weight excluding hydrogens is 334 g/mol. The molecule has 0 aliphatic heterocycles. The number of carboxylic acid groups (broad SMARTS) is 1. The summed E-state index contributed by atoms with van der Waals surface area (Å²) in [6.07, 6.45) is -2.99. The van der Waals surface area contributed by atoms with Crippen molar-refractivity contribution in [2.45, 2.75) is 43.7 Å². The van der Waals surface area contributed by atoms with Gasteiger partial charge in [0, 0.05) is 18.9 Å². The molecule has 11 nitrogen and oxygen atoms in total. The molecule has 0 heterocycles. The summed E-state index contributed by atoms with van der Waals surface area (Å²) in [6, 6.07) is -2.46. The monoisotopic (exact) mass is 361 g/mol. The van der Waals surface area contributed by atoms with Gasteiger partial charge in [0.2, 0.25) is 5.91 Å². The predicted molar refractivity (Wildman–Crippen MR) is 88.4 cm³/mol. The average Bonchev–Trinajstić information content (AvgIpc) is 2.88. The van der Waals surface area contributed by atoms with Crippen LogP contribution in [0.1, 0.15) is 13.3 Å². The molecule has 0 radical (unpaired) electrons. The number of nitrogens with zero attached hydrogens (tertiary/aromatic N) is 1. The first-order valence-corrected chi connectivity index (χ1v) is 7.86. The number of nitrogens with one attached hydrogen (secondary N) is 2. The van der Waals surface area contributed by atoms with Crippen molar-refractivity contribution in [1.82, 2.24) is 10.6 Å². The van der Waals surface area contributed by atoms with E-state index < -0.39 is 60.7 Å². The van der Waals surface area contributed by atoms with E-state index in [1.807, 2.05) is 0 Å². The maximum absolute atomic E-state index is 11.6. The van der Waals surface area contributed by atoms with E-state index in [-0.39, 0.29) is 12.4 Å². The van der Waals surface area contributed by atoms with E-state index in [1.165, 1.54) is 6.92 Å². The van der Waals surface area contributed by atoms with Crippen LogP contribution >= 0.6 is 0 Å². The van der Waals surface area contributed by atoms with E-state index in [2.05, 4.69) is 15.6 Å². The van der Waals surface area contributed by atoms with Crippen molar-refractivity contribution in [1.29, 1.82) is 0 Å². The highest BCUT2D eigenvalue weighted by molar-refractivity contribution is 5.77. The molecule has 144 valence electrons. The van der Waals surface area contributed by atoms with E-state index in [0.717, 1.165) is 0 Å². The molecular formula is C14H27N5O6. The van der Waals surface area contributed by atoms with Gasteiger partial charge in [-0.3, -0.25) is 9.59 Å². The number of aliphatic hydroxyl groups is 3. The minimum absolute atomic E-state index is 0.0848. The molecule has 10 N–H and O–H groups in total. The summed E-state index contributed by atoms with van der Waals surface area (Å²) in [6.45, 7) is 0.488. The van der Waals surface area contributed by atoms with Crippen LogP contribution < -0.4 is 22.1 Å². The van der Waals surface area contributed by atoms with Crippen molar-refractivity contribution in [3.05, 3.63) is 0 Å². The Morgan fingerprint density at radius 3 is 2.32 bits per heavy atom. The topological polar surface area (TPSA) is 204 Å². The van der Waals surface area contributed by atoms with Crippen LogP contribution in [-0.2, 0) is 9.59 Å². The van der Waals surface area contributed by atoms with Gasteiger partial charge in [0.25, 0.3) is 0 Å². The third-order valence-corrected chi connectivity index (χ3v) is 4.49. The summed E-state index contributed by atoms with van der Waals surface area (Å²) in [5.41, 5.74) is 10.9. The lowest BCUT2D eigenvalue weighted by Crippen LogP contribution is -2.59. The van der Waals surface area contributed by atoms with Crippen LogP contribution in [0, 0.1) is 11.8 Å². The quantitative estimate of drug-likeness (QED) is 0.157. The molecule has 0 spiro atoms. The molecule has 1 aliphatic carbocycles. The molecule has 1 saturated carbocycles. The largest absolute Gasteiger partial charge is 0.481 e. The predicted octanol–water partition coefficient (Wildman–Crippen LogP) is -3.84. The second kappa shape index (κ2) is 8.94. The number of carboxylic acids is 1. The number of hydrogen-bond donors (Lipinski definition) is 8. The Hall–Kier alpha value is -1.95. The Bertz CT molecular complexity index is 512. The Labute approximate surface area is 145 Å². The third kappa shape index (κ3) is 5.01. The van der Waals surface area contributed by atoms with E-state index in [0.29, 0.717) is 0 Å². The fourth-order valence-electron chi connectivity index (χ4n) is 3.50. The fourth-order valence-corrected chi connectivity index (χ4v) is 3.50. The lowest BCUT2D eigenvalue weighted by molar-refractivity contribution is -0.142. The van der Waals surface area contributed by atoms with Gasteiger partial charge in [-0.25, -0.2) is 4.99 Å². The van der Waals surface area contributed by atoms with Crippen molar-refractivity contribution in [3.63, 3.8) is 0 Å². The normalized spacial score (nSPS) is 29.5. The first-order chi connectivity index (χ1) is 11.6. The molecule has 1 aliphatic rings. The maximum Gasteiger partial charge on any atom is 0.308 e. The molecule has 0 aromatic carbocycles. The highest BCUT2D eigenvalue weighted by Crippen LogP contribution is 2.37. The molecule has 0 saturated heterocycles.